The Morgan fingerprint density at radius 3 is 2.35 bits per heavy atom. The molecule has 7 heteroatoms. The summed E-state index contributed by atoms with van der Waals surface area (Å²) in [5.74, 6) is -0.542. The first kappa shape index (κ1) is 25.7. The van der Waals surface area contributed by atoms with Crippen molar-refractivity contribution in [2.45, 2.75) is 32.4 Å². The zero-order valence-electron chi connectivity index (χ0n) is 19.0. The number of nitrogens with zero attached hydrogens (tertiary/aromatic N) is 1. The van der Waals surface area contributed by atoms with E-state index < -0.39 is 17.8 Å². The van der Waals surface area contributed by atoms with Crippen LogP contribution in [-0.2, 0) is 22.6 Å². The van der Waals surface area contributed by atoms with Gasteiger partial charge in [-0.3, -0.25) is 9.59 Å². The molecule has 3 rings (SSSR count). The van der Waals surface area contributed by atoms with Crippen molar-refractivity contribution in [3.05, 3.63) is 99.4 Å². The van der Waals surface area contributed by atoms with Gasteiger partial charge in [-0.25, -0.2) is 4.39 Å². The van der Waals surface area contributed by atoms with Crippen LogP contribution in [0.4, 0.5) is 4.39 Å². The lowest BCUT2D eigenvalue weighted by atomic mass is 10.0. The van der Waals surface area contributed by atoms with E-state index >= 15 is 0 Å². The number of nitrogens with one attached hydrogen (secondary N) is 1. The van der Waals surface area contributed by atoms with Gasteiger partial charge in [-0.05, 0) is 64.9 Å². The molecule has 0 aliphatic carbocycles. The molecule has 3 aromatic carbocycles. The van der Waals surface area contributed by atoms with Crippen molar-refractivity contribution >= 4 is 34.4 Å². The first-order valence-corrected chi connectivity index (χ1v) is 12.3. The van der Waals surface area contributed by atoms with E-state index in [-0.39, 0.29) is 19.1 Å². The maximum absolute atomic E-state index is 14.5. The van der Waals surface area contributed by atoms with Gasteiger partial charge in [0.15, 0.2) is 6.61 Å². The number of hydrogen-bond acceptors (Lipinski definition) is 3. The molecule has 0 radical (unpaired) electrons. The Morgan fingerprint density at radius 1 is 1.00 bits per heavy atom. The number of amides is 2. The van der Waals surface area contributed by atoms with E-state index in [1.54, 1.807) is 30.3 Å². The molecule has 1 N–H and O–H groups in total. The second-order valence-electron chi connectivity index (χ2n) is 7.85. The van der Waals surface area contributed by atoms with Gasteiger partial charge in [0.25, 0.3) is 5.91 Å². The zero-order chi connectivity index (χ0) is 24.3. The van der Waals surface area contributed by atoms with Crippen molar-refractivity contribution in [3.63, 3.8) is 0 Å². The Morgan fingerprint density at radius 2 is 1.68 bits per heavy atom. The third-order valence-electron chi connectivity index (χ3n) is 5.29. The Hall–Kier alpha value is -2.94. The largest absolute Gasteiger partial charge is 0.484 e. The highest BCUT2D eigenvalue weighted by molar-refractivity contribution is 14.1. The minimum Gasteiger partial charge on any atom is -0.484 e. The van der Waals surface area contributed by atoms with Crippen molar-refractivity contribution in [1.29, 1.82) is 0 Å². The molecule has 0 spiro atoms. The van der Waals surface area contributed by atoms with Crippen molar-refractivity contribution in [2.24, 2.45) is 0 Å². The predicted molar refractivity (Wildman–Crippen MR) is 139 cm³/mol. The Balaban J connectivity index is 1.89. The molecule has 0 saturated carbocycles. The van der Waals surface area contributed by atoms with Crippen LogP contribution in [0, 0.1) is 9.39 Å². The van der Waals surface area contributed by atoms with Gasteiger partial charge in [-0.1, -0.05) is 55.5 Å². The highest BCUT2D eigenvalue weighted by Gasteiger charge is 2.31. The topological polar surface area (TPSA) is 58.6 Å². The Kier molecular flexibility index (Phi) is 9.88. The van der Waals surface area contributed by atoms with Gasteiger partial charge in [0, 0.05) is 28.6 Å². The van der Waals surface area contributed by atoms with Crippen LogP contribution in [0.5, 0.6) is 5.75 Å². The maximum Gasteiger partial charge on any atom is 0.261 e. The second kappa shape index (κ2) is 13.1. The van der Waals surface area contributed by atoms with Crippen molar-refractivity contribution < 1.29 is 18.7 Å². The molecular weight excluding hydrogens is 546 g/mol. The summed E-state index contributed by atoms with van der Waals surface area (Å²) in [6, 6.07) is 22.3. The fourth-order valence-corrected chi connectivity index (χ4v) is 3.85. The number of carbonyl (C=O) groups excluding carboxylic acids is 2. The molecule has 0 saturated heterocycles. The molecule has 1 unspecified atom stereocenters. The van der Waals surface area contributed by atoms with Crippen LogP contribution < -0.4 is 10.1 Å². The van der Waals surface area contributed by atoms with Crippen LogP contribution in [0.2, 0.25) is 0 Å². The molecule has 0 aromatic heterocycles. The molecule has 0 bridgehead atoms. The lowest BCUT2D eigenvalue weighted by molar-refractivity contribution is -0.142. The van der Waals surface area contributed by atoms with Crippen molar-refractivity contribution in [2.75, 3.05) is 13.2 Å². The van der Waals surface area contributed by atoms with E-state index in [2.05, 4.69) is 27.9 Å². The van der Waals surface area contributed by atoms with Gasteiger partial charge in [0.05, 0.1) is 0 Å². The predicted octanol–water partition coefficient (Wildman–Crippen LogP) is 4.98. The van der Waals surface area contributed by atoms with Crippen molar-refractivity contribution in [1.82, 2.24) is 10.2 Å². The Labute approximate surface area is 213 Å². The maximum atomic E-state index is 14.5. The second-order valence-corrected chi connectivity index (χ2v) is 9.10. The van der Waals surface area contributed by atoms with Gasteiger partial charge in [0.1, 0.15) is 17.6 Å². The average molecular weight is 574 g/mol. The van der Waals surface area contributed by atoms with Crippen LogP contribution in [0.25, 0.3) is 0 Å². The Bertz CT molecular complexity index is 1080. The third-order valence-corrected chi connectivity index (χ3v) is 6.01. The van der Waals surface area contributed by atoms with Gasteiger partial charge in [-0.2, -0.15) is 0 Å². The van der Waals surface area contributed by atoms with Gasteiger partial charge < -0.3 is 15.0 Å². The van der Waals surface area contributed by atoms with E-state index in [0.29, 0.717) is 24.3 Å². The normalized spacial score (nSPS) is 11.5. The summed E-state index contributed by atoms with van der Waals surface area (Å²) in [5, 5.41) is 2.90. The van der Waals surface area contributed by atoms with E-state index in [4.69, 9.17) is 4.74 Å². The summed E-state index contributed by atoms with van der Waals surface area (Å²) in [7, 11) is 0. The fourth-order valence-electron chi connectivity index (χ4n) is 3.49. The molecule has 5 nitrogen and oxygen atoms in total. The molecule has 0 fully saturated rings. The van der Waals surface area contributed by atoms with Crippen molar-refractivity contribution in [3.8, 4) is 5.75 Å². The molecular formula is C27H28FIN2O3. The standard InChI is InChI=1S/C27H28FIN2O3/c1-2-16-30-27(33)25(17-20-8-4-3-5-9-20)31(18-21-10-6-7-11-24(21)28)26(32)19-34-23-14-12-22(29)13-15-23/h3-15,25H,2,16-19H2,1H3,(H,30,33). The third kappa shape index (κ3) is 7.55. The molecule has 2 amide bonds. The molecule has 0 heterocycles. The van der Waals surface area contributed by atoms with Crippen LogP contribution >= 0.6 is 22.6 Å². The quantitative estimate of drug-likeness (QED) is 0.329. The molecule has 3 aromatic rings. The number of carbonyl (C=O) groups is 2. The van der Waals surface area contributed by atoms with E-state index in [9.17, 15) is 14.0 Å². The molecule has 0 aliphatic rings. The highest BCUT2D eigenvalue weighted by atomic mass is 127. The summed E-state index contributed by atoms with van der Waals surface area (Å²) in [6.45, 7) is 2.15. The van der Waals surface area contributed by atoms with E-state index in [1.807, 2.05) is 49.4 Å². The summed E-state index contributed by atoms with van der Waals surface area (Å²) in [6.07, 6.45) is 1.07. The lowest BCUT2D eigenvalue weighted by Gasteiger charge is -2.31. The van der Waals surface area contributed by atoms with Crippen LogP contribution in [0.1, 0.15) is 24.5 Å². The summed E-state index contributed by atoms with van der Waals surface area (Å²) >= 11 is 2.19. The molecule has 178 valence electrons. The number of halogens is 2. The first-order valence-electron chi connectivity index (χ1n) is 11.2. The smallest absolute Gasteiger partial charge is 0.261 e. The SMILES string of the molecule is CCCNC(=O)C(Cc1ccccc1)N(Cc1ccccc1F)C(=O)COc1ccc(I)cc1. The highest BCUT2D eigenvalue weighted by Crippen LogP contribution is 2.18. The molecule has 34 heavy (non-hydrogen) atoms. The molecule has 1 atom stereocenters. The fraction of sp³-hybridized carbons (Fsp3) is 0.259. The zero-order valence-corrected chi connectivity index (χ0v) is 21.2. The van der Waals surface area contributed by atoms with Gasteiger partial charge in [0.2, 0.25) is 5.91 Å². The van der Waals surface area contributed by atoms with E-state index in [1.165, 1.54) is 11.0 Å². The first-order chi connectivity index (χ1) is 16.5. The van der Waals surface area contributed by atoms with Gasteiger partial charge >= 0.3 is 0 Å². The number of hydrogen-bond donors (Lipinski definition) is 1. The summed E-state index contributed by atoms with van der Waals surface area (Å²) in [4.78, 5) is 28.0. The monoisotopic (exact) mass is 574 g/mol. The summed E-state index contributed by atoms with van der Waals surface area (Å²) < 4.78 is 21.3. The van der Waals surface area contributed by atoms with E-state index in [0.717, 1.165) is 15.6 Å². The van der Waals surface area contributed by atoms with Gasteiger partial charge in [-0.15, -0.1) is 0 Å². The molecule has 0 aliphatic heterocycles. The minimum atomic E-state index is -0.818. The average Bonchev–Trinajstić information content (AvgIpc) is 2.85. The summed E-state index contributed by atoms with van der Waals surface area (Å²) in [5.41, 5.74) is 1.25. The van der Waals surface area contributed by atoms with Crippen LogP contribution in [0.15, 0.2) is 78.9 Å². The number of benzene rings is 3. The minimum absolute atomic E-state index is 0.0431. The van der Waals surface area contributed by atoms with Crippen LogP contribution in [0.3, 0.4) is 0 Å². The lowest BCUT2D eigenvalue weighted by Crippen LogP contribution is -2.51. The number of rotatable bonds is 11. The van der Waals surface area contributed by atoms with Crippen LogP contribution in [-0.4, -0.2) is 35.9 Å². The number of ether oxygens (including phenoxy) is 1.